The van der Waals surface area contributed by atoms with Crippen LogP contribution in [0.2, 0.25) is 0 Å². The lowest BCUT2D eigenvalue weighted by molar-refractivity contribution is -0.133. The predicted octanol–water partition coefficient (Wildman–Crippen LogP) is 6.28. The zero-order chi connectivity index (χ0) is 24.8. The van der Waals surface area contributed by atoms with Crippen molar-refractivity contribution in [3.05, 3.63) is 82.0 Å². The summed E-state index contributed by atoms with van der Waals surface area (Å²) in [7, 11) is 4.02. The first-order valence-electron chi connectivity index (χ1n) is 12.4. The third-order valence-corrected chi connectivity index (χ3v) is 7.75. The van der Waals surface area contributed by atoms with Crippen molar-refractivity contribution < 1.29 is 9.59 Å². The lowest BCUT2D eigenvalue weighted by Gasteiger charge is -2.31. The van der Waals surface area contributed by atoms with E-state index in [2.05, 4.69) is 29.3 Å². The lowest BCUT2D eigenvalue weighted by Crippen LogP contribution is -2.34. The molecule has 1 fully saturated rings. The SMILES string of the molecule is C[C@H](c1ccccc1)N(Cc1cc(NC(=O)C2CCCC2)ccc1N(C)C)C(=O)Cc1cccs1. The number of amides is 2. The number of anilines is 2. The van der Waals surface area contributed by atoms with Gasteiger partial charge in [0.2, 0.25) is 11.8 Å². The maximum atomic E-state index is 13.6. The van der Waals surface area contributed by atoms with E-state index in [0.29, 0.717) is 13.0 Å². The minimum absolute atomic E-state index is 0.0876. The van der Waals surface area contributed by atoms with Gasteiger partial charge in [-0.1, -0.05) is 49.2 Å². The highest BCUT2D eigenvalue weighted by Crippen LogP contribution is 2.31. The summed E-state index contributed by atoms with van der Waals surface area (Å²) >= 11 is 1.61. The van der Waals surface area contributed by atoms with Crippen LogP contribution in [0.25, 0.3) is 0 Å². The quantitative estimate of drug-likeness (QED) is 0.385. The number of nitrogens with one attached hydrogen (secondary N) is 1. The Labute approximate surface area is 212 Å². The second-order valence-corrected chi connectivity index (χ2v) is 10.6. The molecule has 3 aromatic rings. The summed E-state index contributed by atoms with van der Waals surface area (Å²) in [5, 5.41) is 5.14. The van der Waals surface area contributed by atoms with Crippen LogP contribution in [-0.4, -0.2) is 30.8 Å². The van der Waals surface area contributed by atoms with Gasteiger partial charge in [0.05, 0.1) is 12.5 Å². The Hall–Kier alpha value is -3.12. The van der Waals surface area contributed by atoms with Crippen LogP contribution in [0.3, 0.4) is 0 Å². The van der Waals surface area contributed by atoms with Crippen molar-refractivity contribution in [2.24, 2.45) is 5.92 Å². The van der Waals surface area contributed by atoms with Gasteiger partial charge in [-0.3, -0.25) is 9.59 Å². The van der Waals surface area contributed by atoms with Crippen molar-refractivity contribution in [1.29, 1.82) is 0 Å². The molecule has 184 valence electrons. The largest absolute Gasteiger partial charge is 0.377 e. The summed E-state index contributed by atoms with van der Waals surface area (Å²) in [6, 6.07) is 20.1. The summed E-state index contributed by atoms with van der Waals surface area (Å²) in [6.07, 6.45) is 4.57. The maximum absolute atomic E-state index is 13.6. The van der Waals surface area contributed by atoms with Crippen molar-refractivity contribution in [3.8, 4) is 0 Å². The summed E-state index contributed by atoms with van der Waals surface area (Å²) in [5.41, 5.74) is 3.95. The molecule has 1 atom stereocenters. The smallest absolute Gasteiger partial charge is 0.228 e. The van der Waals surface area contributed by atoms with Crippen molar-refractivity contribution in [2.45, 2.75) is 51.6 Å². The van der Waals surface area contributed by atoms with Crippen LogP contribution >= 0.6 is 11.3 Å². The molecule has 1 aromatic heterocycles. The minimum atomic E-state index is -0.0876. The molecule has 0 aliphatic heterocycles. The van der Waals surface area contributed by atoms with E-state index in [1.54, 1.807) is 11.3 Å². The van der Waals surface area contributed by atoms with E-state index < -0.39 is 0 Å². The summed E-state index contributed by atoms with van der Waals surface area (Å²) in [4.78, 5) is 31.4. The normalized spacial score (nSPS) is 14.5. The Kier molecular flexibility index (Phi) is 8.24. The van der Waals surface area contributed by atoms with Crippen LogP contribution in [0.5, 0.6) is 0 Å². The summed E-state index contributed by atoms with van der Waals surface area (Å²) < 4.78 is 0. The van der Waals surface area contributed by atoms with E-state index in [0.717, 1.165) is 53.1 Å². The summed E-state index contributed by atoms with van der Waals surface area (Å²) in [6.45, 7) is 2.55. The van der Waals surface area contributed by atoms with Crippen molar-refractivity contribution in [2.75, 3.05) is 24.3 Å². The number of benzene rings is 2. The topological polar surface area (TPSA) is 52.7 Å². The molecule has 1 aliphatic rings. The van der Waals surface area contributed by atoms with Crippen LogP contribution in [0, 0.1) is 5.92 Å². The molecular weight excluding hydrogens is 454 g/mol. The number of nitrogens with zero attached hydrogens (tertiary/aromatic N) is 2. The fourth-order valence-corrected chi connectivity index (χ4v) is 5.55. The Morgan fingerprint density at radius 1 is 1.03 bits per heavy atom. The number of carbonyl (C=O) groups is 2. The highest BCUT2D eigenvalue weighted by Gasteiger charge is 2.25. The Morgan fingerprint density at radius 2 is 1.77 bits per heavy atom. The third kappa shape index (κ3) is 6.31. The molecule has 6 heteroatoms. The van der Waals surface area contributed by atoms with Gasteiger partial charge < -0.3 is 15.1 Å². The molecule has 35 heavy (non-hydrogen) atoms. The zero-order valence-electron chi connectivity index (χ0n) is 20.9. The molecule has 1 aliphatic carbocycles. The van der Waals surface area contributed by atoms with Crippen LogP contribution in [0.4, 0.5) is 11.4 Å². The molecule has 0 saturated heterocycles. The summed E-state index contributed by atoms with van der Waals surface area (Å²) in [5.74, 6) is 0.303. The van der Waals surface area contributed by atoms with E-state index in [4.69, 9.17) is 0 Å². The molecule has 1 heterocycles. The van der Waals surface area contributed by atoms with Crippen molar-refractivity contribution in [3.63, 3.8) is 0 Å². The standard InChI is InChI=1S/C29H35N3O2S/c1-21(22-10-5-4-6-11-22)32(28(33)19-26-14-9-17-35-26)20-24-18-25(15-16-27(24)31(2)3)30-29(34)23-12-7-8-13-23/h4-6,9-11,14-18,21,23H,7-8,12-13,19-20H2,1-3H3,(H,30,34)/t21-/m1/s1. The van der Waals surface area contributed by atoms with E-state index in [1.165, 1.54) is 0 Å². The second-order valence-electron chi connectivity index (χ2n) is 9.57. The van der Waals surface area contributed by atoms with Gasteiger partial charge in [0.1, 0.15) is 0 Å². The van der Waals surface area contributed by atoms with Crippen LogP contribution < -0.4 is 10.2 Å². The van der Waals surface area contributed by atoms with E-state index in [1.807, 2.05) is 72.9 Å². The number of hydrogen-bond acceptors (Lipinski definition) is 4. The molecule has 1 saturated carbocycles. The Morgan fingerprint density at radius 3 is 2.43 bits per heavy atom. The average Bonchev–Trinajstić information content (AvgIpc) is 3.57. The molecule has 0 bridgehead atoms. The van der Waals surface area contributed by atoms with Gasteiger partial charge in [-0.15, -0.1) is 11.3 Å². The third-order valence-electron chi connectivity index (χ3n) is 6.87. The fourth-order valence-electron chi connectivity index (χ4n) is 4.86. The van der Waals surface area contributed by atoms with Gasteiger partial charge in [0.25, 0.3) is 0 Å². The van der Waals surface area contributed by atoms with Gasteiger partial charge in [0, 0.05) is 42.8 Å². The molecule has 0 unspecified atom stereocenters. The molecule has 1 N–H and O–H groups in total. The first-order valence-corrected chi connectivity index (χ1v) is 13.3. The molecule has 0 spiro atoms. The zero-order valence-corrected chi connectivity index (χ0v) is 21.7. The number of hydrogen-bond donors (Lipinski definition) is 1. The molecule has 2 amide bonds. The first kappa shape index (κ1) is 25.0. The molecule has 4 rings (SSSR count). The Balaban J connectivity index is 1.63. The molecular formula is C29H35N3O2S. The lowest BCUT2D eigenvalue weighted by atomic mass is 10.0. The highest BCUT2D eigenvalue weighted by atomic mass is 32.1. The highest BCUT2D eigenvalue weighted by molar-refractivity contribution is 7.10. The minimum Gasteiger partial charge on any atom is -0.377 e. The number of thiophene rings is 1. The predicted molar refractivity (Wildman–Crippen MR) is 145 cm³/mol. The first-order chi connectivity index (χ1) is 16.9. The number of carbonyl (C=O) groups excluding carboxylic acids is 2. The Bertz CT molecular complexity index is 1120. The number of rotatable bonds is 9. The maximum Gasteiger partial charge on any atom is 0.228 e. The van der Waals surface area contributed by atoms with Gasteiger partial charge in [-0.25, -0.2) is 0 Å². The van der Waals surface area contributed by atoms with Gasteiger partial charge in [0.15, 0.2) is 0 Å². The fraction of sp³-hybridized carbons (Fsp3) is 0.379. The van der Waals surface area contributed by atoms with Crippen molar-refractivity contribution >= 4 is 34.5 Å². The molecule has 2 aromatic carbocycles. The van der Waals surface area contributed by atoms with Crippen LogP contribution in [0.1, 0.15) is 54.7 Å². The molecule has 5 nitrogen and oxygen atoms in total. The second kappa shape index (κ2) is 11.5. The molecule has 0 radical (unpaired) electrons. The average molecular weight is 490 g/mol. The van der Waals surface area contributed by atoms with E-state index >= 15 is 0 Å². The van der Waals surface area contributed by atoms with E-state index in [9.17, 15) is 9.59 Å². The van der Waals surface area contributed by atoms with E-state index in [-0.39, 0.29) is 23.8 Å². The monoisotopic (exact) mass is 489 g/mol. The van der Waals surface area contributed by atoms with Crippen LogP contribution in [-0.2, 0) is 22.6 Å². The van der Waals surface area contributed by atoms with Gasteiger partial charge in [-0.05, 0) is 60.5 Å². The van der Waals surface area contributed by atoms with Gasteiger partial charge in [-0.2, -0.15) is 0 Å². The van der Waals surface area contributed by atoms with Crippen molar-refractivity contribution in [1.82, 2.24) is 4.90 Å². The van der Waals surface area contributed by atoms with Gasteiger partial charge >= 0.3 is 0 Å². The van der Waals surface area contributed by atoms with Crippen LogP contribution in [0.15, 0.2) is 66.0 Å².